The van der Waals surface area contributed by atoms with E-state index in [0.29, 0.717) is 17.0 Å². The summed E-state index contributed by atoms with van der Waals surface area (Å²) < 4.78 is 14.1. The lowest BCUT2D eigenvalue weighted by atomic mass is 10.1. The molecule has 0 amide bonds. The summed E-state index contributed by atoms with van der Waals surface area (Å²) in [5.74, 6) is 0.381. The number of hydrogen-bond donors (Lipinski definition) is 2. The minimum Gasteiger partial charge on any atom is -0.361 e. The highest BCUT2D eigenvalue weighted by Gasteiger charge is 2.29. The van der Waals surface area contributed by atoms with Gasteiger partial charge in [-0.05, 0) is 43.5 Å². The zero-order valence-corrected chi connectivity index (χ0v) is 18.2. The molecule has 8 heteroatoms. The van der Waals surface area contributed by atoms with E-state index in [1.165, 1.54) is 11.9 Å². The molecule has 2 aromatic heterocycles. The quantitative estimate of drug-likeness (QED) is 0.476. The Morgan fingerprint density at radius 2 is 1.91 bits per heavy atom. The Morgan fingerprint density at radius 1 is 1.09 bits per heavy atom. The molecule has 0 saturated heterocycles. The lowest BCUT2D eigenvalue weighted by molar-refractivity contribution is 0.526. The molecule has 2 unspecified atom stereocenters. The first-order chi connectivity index (χ1) is 15.5. The number of nitrogens with zero attached hydrogens (tertiary/aromatic N) is 5. The van der Waals surface area contributed by atoms with Crippen molar-refractivity contribution in [2.75, 3.05) is 10.2 Å². The molecular formula is C24H24FN7. The molecule has 0 spiro atoms. The van der Waals surface area contributed by atoms with Gasteiger partial charge in [0.15, 0.2) is 11.5 Å². The molecule has 0 aliphatic carbocycles. The number of benzene rings is 2. The predicted octanol–water partition coefficient (Wildman–Crippen LogP) is 3.20. The summed E-state index contributed by atoms with van der Waals surface area (Å²) in [5, 5.41) is 5.46. The maximum atomic E-state index is 14.1. The smallest absolute Gasteiger partial charge is 0.312 e. The van der Waals surface area contributed by atoms with Crippen LogP contribution in [-0.4, -0.2) is 32.1 Å². The van der Waals surface area contributed by atoms with Crippen molar-refractivity contribution in [2.24, 2.45) is 4.99 Å². The van der Waals surface area contributed by atoms with E-state index in [1.807, 2.05) is 24.3 Å². The molecule has 0 saturated carbocycles. The Morgan fingerprint density at radius 3 is 2.72 bits per heavy atom. The SMILES string of the molecule is CCC(Nc1nc(F)nc2nc[nH]c12)C1N=c2cccc(C)c2=CN1c1ccccc1C. The van der Waals surface area contributed by atoms with Crippen molar-refractivity contribution in [2.45, 2.75) is 39.4 Å². The number of anilines is 2. The number of rotatable bonds is 5. The number of fused-ring (bicyclic) bond motifs is 2. The minimum absolute atomic E-state index is 0.152. The van der Waals surface area contributed by atoms with Gasteiger partial charge >= 0.3 is 6.08 Å². The van der Waals surface area contributed by atoms with Crippen LogP contribution >= 0.6 is 0 Å². The number of H-pyrrole nitrogens is 1. The molecular weight excluding hydrogens is 405 g/mol. The molecule has 2 N–H and O–H groups in total. The first-order valence-electron chi connectivity index (χ1n) is 10.7. The van der Waals surface area contributed by atoms with Crippen LogP contribution in [0, 0.1) is 19.9 Å². The fourth-order valence-corrected chi connectivity index (χ4v) is 4.19. The number of hydrogen-bond acceptors (Lipinski definition) is 6. The Bertz CT molecular complexity index is 1410. The number of aromatic amines is 1. The number of halogens is 1. The van der Waals surface area contributed by atoms with Gasteiger partial charge in [-0.2, -0.15) is 14.4 Å². The topological polar surface area (TPSA) is 82.1 Å². The number of aromatic nitrogens is 4. The molecule has 5 rings (SSSR count). The zero-order chi connectivity index (χ0) is 22.2. The van der Waals surface area contributed by atoms with Crippen molar-refractivity contribution in [1.82, 2.24) is 19.9 Å². The van der Waals surface area contributed by atoms with Gasteiger partial charge in [0.05, 0.1) is 17.7 Å². The second-order valence-corrected chi connectivity index (χ2v) is 7.97. The number of nitrogens with one attached hydrogen (secondary N) is 2. The van der Waals surface area contributed by atoms with Gasteiger partial charge in [0.25, 0.3) is 0 Å². The summed E-state index contributed by atoms with van der Waals surface area (Å²) in [5.41, 5.74) is 4.26. The summed E-state index contributed by atoms with van der Waals surface area (Å²) >= 11 is 0. The van der Waals surface area contributed by atoms with Crippen molar-refractivity contribution in [3.05, 3.63) is 76.6 Å². The average molecular weight is 430 g/mol. The van der Waals surface area contributed by atoms with Gasteiger partial charge in [-0.15, -0.1) is 0 Å². The highest BCUT2D eigenvalue weighted by molar-refractivity contribution is 5.82. The predicted molar refractivity (Wildman–Crippen MR) is 123 cm³/mol. The molecule has 0 fully saturated rings. The number of aryl methyl sites for hydroxylation is 2. The molecule has 162 valence electrons. The summed E-state index contributed by atoms with van der Waals surface area (Å²) in [6.07, 6.45) is 3.33. The minimum atomic E-state index is -0.814. The van der Waals surface area contributed by atoms with Crippen LogP contribution in [0.4, 0.5) is 15.9 Å². The van der Waals surface area contributed by atoms with Gasteiger partial charge in [-0.1, -0.05) is 37.3 Å². The lowest BCUT2D eigenvalue weighted by Gasteiger charge is -2.36. The fourth-order valence-electron chi connectivity index (χ4n) is 4.19. The monoisotopic (exact) mass is 429 g/mol. The van der Waals surface area contributed by atoms with Gasteiger partial charge in [-0.3, -0.25) is 4.99 Å². The van der Waals surface area contributed by atoms with E-state index in [2.05, 4.69) is 75.3 Å². The third-order valence-electron chi connectivity index (χ3n) is 5.90. The molecule has 1 aliphatic heterocycles. The standard InChI is InChI=1S/C24H24FN7/c1-4-17(28-22-20-21(27-13-26-20)30-24(25)31-22)23-29-18-10-7-9-14(2)16(18)12-32(23)19-11-6-5-8-15(19)3/h5-13,17,23H,4H2,1-3H3,(H2,26,27,28,30,31). The lowest BCUT2D eigenvalue weighted by Crippen LogP contribution is -2.50. The molecule has 3 heterocycles. The van der Waals surface area contributed by atoms with Crippen LogP contribution in [-0.2, 0) is 0 Å². The summed E-state index contributed by atoms with van der Waals surface area (Å²) in [6.45, 7) is 6.27. The van der Waals surface area contributed by atoms with Gasteiger partial charge in [0, 0.05) is 17.1 Å². The van der Waals surface area contributed by atoms with Crippen LogP contribution in [0.5, 0.6) is 0 Å². The van der Waals surface area contributed by atoms with Crippen LogP contribution in [0.2, 0.25) is 0 Å². The summed E-state index contributed by atoms with van der Waals surface area (Å²) in [4.78, 5) is 22.2. The maximum absolute atomic E-state index is 14.1. The zero-order valence-electron chi connectivity index (χ0n) is 18.2. The second kappa shape index (κ2) is 8.03. The van der Waals surface area contributed by atoms with Crippen molar-refractivity contribution < 1.29 is 4.39 Å². The Hall–Kier alpha value is -3.81. The number of imidazole rings is 1. The molecule has 2 aromatic carbocycles. The first kappa shape index (κ1) is 20.1. The van der Waals surface area contributed by atoms with Gasteiger partial charge < -0.3 is 15.2 Å². The van der Waals surface area contributed by atoms with E-state index >= 15 is 0 Å². The number of para-hydroxylation sites is 1. The largest absolute Gasteiger partial charge is 0.361 e. The third-order valence-corrected chi connectivity index (χ3v) is 5.90. The van der Waals surface area contributed by atoms with Crippen LogP contribution in [0.25, 0.3) is 17.4 Å². The molecule has 7 nitrogen and oxygen atoms in total. The molecule has 2 atom stereocenters. The highest BCUT2D eigenvalue weighted by Crippen LogP contribution is 2.28. The Kier molecular flexibility index (Phi) is 5.05. The molecule has 4 aromatic rings. The van der Waals surface area contributed by atoms with Crippen LogP contribution in [0.3, 0.4) is 0 Å². The van der Waals surface area contributed by atoms with Crippen LogP contribution < -0.4 is 20.8 Å². The van der Waals surface area contributed by atoms with E-state index in [4.69, 9.17) is 4.99 Å². The summed E-state index contributed by atoms with van der Waals surface area (Å²) in [7, 11) is 0. The normalized spacial score (nSPS) is 16.2. The van der Waals surface area contributed by atoms with Gasteiger partial charge in [0.1, 0.15) is 11.7 Å². The van der Waals surface area contributed by atoms with Gasteiger partial charge in [-0.25, -0.2) is 4.98 Å². The Balaban J connectivity index is 1.64. The molecule has 0 radical (unpaired) electrons. The van der Waals surface area contributed by atoms with Crippen molar-refractivity contribution >= 4 is 28.9 Å². The van der Waals surface area contributed by atoms with E-state index in [1.54, 1.807) is 0 Å². The van der Waals surface area contributed by atoms with Crippen molar-refractivity contribution in [3.8, 4) is 0 Å². The Labute approximate surface area is 184 Å². The summed E-state index contributed by atoms with van der Waals surface area (Å²) in [6, 6.07) is 14.2. The molecule has 32 heavy (non-hydrogen) atoms. The van der Waals surface area contributed by atoms with E-state index in [-0.39, 0.29) is 12.2 Å². The van der Waals surface area contributed by atoms with E-state index < -0.39 is 6.08 Å². The highest BCUT2D eigenvalue weighted by atomic mass is 19.1. The van der Waals surface area contributed by atoms with Crippen molar-refractivity contribution in [3.63, 3.8) is 0 Å². The fraction of sp³-hybridized carbons (Fsp3) is 0.250. The van der Waals surface area contributed by atoms with Crippen LogP contribution in [0.15, 0.2) is 53.8 Å². The average Bonchev–Trinajstić information content (AvgIpc) is 3.26. The van der Waals surface area contributed by atoms with E-state index in [0.717, 1.165) is 28.2 Å². The first-order valence-corrected chi connectivity index (χ1v) is 10.7. The van der Waals surface area contributed by atoms with Gasteiger partial charge in [0.2, 0.25) is 0 Å². The van der Waals surface area contributed by atoms with Crippen molar-refractivity contribution in [1.29, 1.82) is 0 Å². The molecule has 1 aliphatic rings. The third kappa shape index (κ3) is 3.47. The molecule has 0 bridgehead atoms. The second-order valence-electron chi connectivity index (χ2n) is 7.97. The van der Waals surface area contributed by atoms with E-state index in [9.17, 15) is 4.39 Å². The van der Waals surface area contributed by atoms with Crippen LogP contribution in [0.1, 0.15) is 24.5 Å². The maximum Gasteiger partial charge on any atom is 0.312 e.